The summed E-state index contributed by atoms with van der Waals surface area (Å²) in [5, 5.41) is 3.84. The molecule has 2 aromatic rings. The molecule has 0 saturated heterocycles. The van der Waals surface area contributed by atoms with Crippen LogP contribution in [0, 0.1) is 0 Å². The molecule has 1 aliphatic carbocycles. The molecular weight excluding hydrogens is 292 g/mol. The number of hydrogen-bond acceptors (Lipinski definition) is 4. The summed E-state index contributed by atoms with van der Waals surface area (Å²) in [4.78, 5) is 29.4. The van der Waals surface area contributed by atoms with Crippen LogP contribution in [-0.4, -0.2) is 29.5 Å². The quantitative estimate of drug-likeness (QED) is 0.885. The zero-order valence-corrected chi connectivity index (χ0v) is 13.2. The molecule has 1 amide bonds. The smallest absolute Gasteiger partial charge is 0.331 e. The fourth-order valence-corrected chi connectivity index (χ4v) is 3.30. The summed E-state index contributed by atoms with van der Waals surface area (Å²) in [7, 11) is 1.37. The third-order valence-corrected chi connectivity index (χ3v) is 4.51. The highest BCUT2D eigenvalue weighted by atomic mass is 16.5. The molecule has 1 heterocycles. The maximum atomic E-state index is 12.8. The minimum absolute atomic E-state index is 0.276. The number of rotatable bonds is 3. The van der Waals surface area contributed by atoms with Crippen molar-refractivity contribution in [3.05, 3.63) is 42.1 Å². The molecule has 1 aromatic heterocycles. The molecule has 1 aromatic carbocycles. The van der Waals surface area contributed by atoms with Gasteiger partial charge in [-0.25, -0.2) is 4.79 Å². The lowest BCUT2D eigenvalue weighted by Gasteiger charge is -2.35. The van der Waals surface area contributed by atoms with E-state index in [4.69, 9.17) is 4.74 Å². The van der Waals surface area contributed by atoms with Crippen LogP contribution < -0.4 is 5.32 Å². The lowest BCUT2D eigenvalue weighted by Crippen LogP contribution is -2.56. The molecular formula is C18H20N2O3. The van der Waals surface area contributed by atoms with Gasteiger partial charge in [-0.1, -0.05) is 37.5 Å². The van der Waals surface area contributed by atoms with Crippen molar-refractivity contribution in [3.8, 4) is 0 Å². The molecule has 1 fully saturated rings. The molecule has 1 aliphatic rings. The van der Waals surface area contributed by atoms with Crippen molar-refractivity contribution < 1.29 is 14.3 Å². The first-order valence-corrected chi connectivity index (χ1v) is 7.91. The molecule has 1 saturated carbocycles. The number of pyridine rings is 1. The molecule has 120 valence electrons. The Kier molecular flexibility index (Phi) is 4.28. The fourth-order valence-electron chi connectivity index (χ4n) is 3.30. The topological polar surface area (TPSA) is 68.3 Å². The average Bonchev–Trinajstić information content (AvgIpc) is 2.61. The van der Waals surface area contributed by atoms with Gasteiger partial charge in [0.2, 0.25) is 0 Å². The number of ether oxygens (including phenoxy) is 1. The van der Waals surface area contributed by atoms with E-state index in [1.165, 1.54) is 7.11 Å². The molecule has 3 rings (SSSR count). The van der Waals surface area contributed by atoms with Crippen LogP contribution in [0.3, 0.4) is 0 Å². The van der Waals surface area contributed by atoms with Crippen LogP contribution in [0.2, 0.25) is 0 Å². The van der Waals surface area contributed by atoms with Gasteiger partial charge in [0.05, 0.1) is 18.2 Å². The van der Waals surface area contributed by atoms with Crippen molar-refractivity contribution in [2.24, 2.45) is 0 Å². The Bertz CT molecular complexity index is 731. The number of methoxy groups -OCH3 is 1. The Labute approximate surface area is 135 Å². The highest BCUT2D eigenvalue weighted by molar-refractivity contribution is 6.07. The Balaban J connectivity index is 1.94. The highest BCUT2D eigenvalue weighted by Crippen LogP contribution is 2.30. The predicted octanol–water partition coefficient (Wildman–Crippen LogP) is 2.84. The molecule has 23 heavy (non-hydrogen) atoms. The van der Waals surface area contributed by atoms with Crippen LogP contribution in [0.5, 0.6) is 0 Å². The van der Waals surface area contributed by atoms with E-state index in [0.717, 1.165) is 24.6 Å². The molecule has 0 aliphatic heterocycles. The van der Waals surface area contributed by atoms with Gasteiger partial charge in [0, 0.05) is 11.6 Å². The SMILES string of the molecule is COC(=O)C1(NC(=O)c2cccc3cccnc23)CCCCC1. The van der Waals surface area contributed by atoms with Crippen molar-refractivity contribution in [2.75, 3.05) is 7.11 Å². The lowest BCUT2D eigenvalue weighted by atomic mass is 9.81. The van der Waals surface area contributed by atoms with Gasteiger partial charge < -0.3 is 10.1 Å². The molecule has 0 unspecified atom stereocenters. The van der Waals surface area contributed by atoms with Crippen molar-refractivity contribution in [2.45, 2.75) is 37.6 Å². The number of carbonyl (C=O) groups excluding carboxylic acids is 2. The van der Waals surface area contributed by atoms with Crippen molar-refractivity contribution in [1.29, 1.82) is 0 Å². The number of nitrogens with zero attached hydrogens (tertiary/aromatic N) is 1. The lowest BCUT2D eigenvalue weighted by molar-refractivity contribution is -0.149. The van der Waals surface area contributed by atoms with Crippen LogP contribution in [0.4, 0.5) is 0 Å². The van der Waals surface area contributed by atoms with E-state index >= 15 is 0 Å². The number of para-hydroxylation sites is 1. The third-order valence-electron chi connectivity index (χ3n) is 4.51. The summed E-state index contributed by atoms with van der Waals surface area (Å²) in [5.74, 6) is -0.639. The van der Waals surface area contributed by atoms with Gasteiger partial charge in [0.1, 0.15) is 5.54 Å². The molecule has 0 radical (unpaired) electrons. The van der Waals surface area contributed by atoms with E-state index in [1.54, 1.807) is 12.3 Å². The minimum Gasteiger partial charge on any atom is -0.467 e. The van der Waals surface area contributed by atoms with Crippen LogP contribution in [0.25, 0.3) is 10.9 Å². The Hall–Kier alpha value is -2.43. The largest absolute Gasteiger partial charge is 0.467 e. The van der Waals surface area contributed by atoms with Gasteiger partial charge in [0.15, 0.2) is 0 Å². The van der Waals surface area contributed by atoms with E-state index < -0.39 is 5.54 Å². The summed E-state index contributed by atoms with van der Waals surface area (Å²) in [6.45, 7) is 0. The number of esters is 1. The van der Waals surface area contributed by atoms with E-state index in [0.29, 0.717) is 23.9 Å². The van der Waals surface area contributed by atoms with E-state index in [2.05, 4.69) is 10.3 Å². The van der Waals surface area contributed by atoms with Crippen molar-refractivity contribution in [1.82, 2.24) is 10.3 Å². The second-order valence-electron chi connectivity index (χ2n) is 5.97. The number of nitrogens with one attached hydrogen (secondary N) is 1. The van der Waals surface area contributed by atoms with Gasteiger partial charge in [0.25, 0.3) is 5.91 Å². The van der Waals surface area contributed by atoms with Gasteiger partial charge in [-0.15, -0.1) is 0 Å². The van der Waals surface area contributed by atoms with Crippen molar-refractivity contribution >= 4 is 22.8 Å². The fraction of sp³-hybridized carbons (Fsp3) is 0.389. The number of fused-ring (bicyclic) bond motifs is 1. The minimum atomic E-state index is -0.916. The number of carbonyl (C=O) groups is 2. The zero-order chi connectivity index (χ0) is 16.3. The van der Waals surface area contributed by atoms with Crippen LogP contribution in [-0.2, 0) is 9.53 Å². The summed E-state index contributed by atoms with van der Waals surface area (Å²) in [6.07, 6.45) is 5.78. The van der Waals surface area contributed by atoms with Gasteiger partial charge in [-0.2, -0.15) is 0 Å². The van der Waals surface area contributed by atoms with E-state index in [9.17, 15) is 9.59 Å². The summed E-state index contributed by atoms with van der Waals surface area (Å²) in [6, 6.07) is 9.22. The molecule has 5 nitrogen and oxygen atoms in total. The van der Waals surface area contributed by atoms with Crippen molar-refractivity contribution in [3.63, 3.8) is 0 Å². The summed E-state index contributed by atoms with van der Waals surface area (Å²) >= 11 is 0. The zero-order valence-electron chi connectivity index (χ0n) is 13.2. The predicted molar refractivity (Wildman–Crippen MR) is 87.0 cm³/mol. The number of hydrogen-bond donors (Lipinski definition) is 1. The average molecular weight is 312 g/mol. The second-order valence-corrected chi connectivity index (χ2v) is 5.97. The molecule has 0 spiro atoms. The standard InChI is InChI=1S/C18H20N2O3/c1-23-17(22)18(10-3-2-4-11-18)20-16(21)14-9-5-7-13-8-6-12-19-15(13)14/h5-9,12H,2-4,10-11H2,1H3,(H,20,21). The first kappa shape index (κ1) is 15.5. The normalized spacial score (nSPS) is 16.7. The maximum Gasteiger partial charge on any atom is 0.331 e. The Morgan fingerprint density at radius 1 is 1.13 bits per heavy atom. The van der Waals surface area contributed by atoms with E-state index in [1.807, 2.05) is 24.3 Å². The van der Waals surface area contributed by atoms with E-state index in [-0.39, 0.29) is 11.9 Å². The van der Waals surface area contributed by atoms with Crippen LogP contribution >= 0.6 is 0 Å². The summed E-state index contributed by atoms with van der Waals surface area (Å²) < 4.78 is 4.95. The second kappa shape index (κ2) is 6.36. The summed E-state index contributed by atoms with van der Waals surface area (Å²) in [5.41, 5.74) is 0.210. The van der Waals surface area contributed by atoms with Crippen LogP contribution in [0.15, 0.2) is 36.5 Å². The molecule has 0 bridgehead atoms. The Morgan fingerprint density at radius 2 is 1.87 bits per heavy atom. The first-order valence-electron chi connectivity index (χ1n) is 7.91. The Morgan fingerprint density at radius 3 is 2.61 bits per heavy atom. The molecule has 5 heteroatoms. The van der Waals surface area contributed by atoms with Gasteiger partial charge in [-0.05, 0) is 25.0 Å². The van der Waals surface area contributed by atoms with Gasteiger partial charge >= 0.3 is 5.97 Å². The first-order chi connectivity index (χ1) is 11.2. The van der Waals surface area contributed by atoms with Gasteiger partial charge in [-0.3, -0.25) is 9.78 Å². The number of aromatic nitrogens is 1. The monoisotopic (exact) mass is 312 g/mol. The van der Waals surface area contributed by atoms with Crippen LogP contribution in [0.1, 0.15) is 42.5 Å². The molecule has 1 N–H and O–H groups in total. The highest BCUT2D eigenvalue weighted by Gasteiger charge is 2.42. The number of benzene rings is 1. The third kappa shape index (κ3) is 2.91. The molecule has 0 atom stereocenters. The number of amides is 1. The maximum absolute atomic E-state index is 12.8.